The predicted octanol–water partition coefficient (Wildman–Crippen LogP) is 0.750. The Morgan fingerprint density at radius 2 is 2.06 bits per heavy atom. The van der Waals surface area contributed by atoms with Crippen LogP contribution in [0.5, 0.6) is 5.75 Å². The van der Waals surface area contributed by atoms with Crippen molar-refractivity contribution in [3.05, 3.63) is 29.3 Å². The summed E-state index contributed by atoms with van der Waals surface area (Å²) < 4.78 is 0. The van der Waals surface area contributed by atoms with Gasteiger partial charge in [0.1, 0.15) is 11.8 Å². The van der Waals surface area contributed by atoms with Gasteiger partial charge in [0.15, 0.2) is 0 Å². The van der Waals surface area contributed by atoms with Crippen molar-refractivity contribution in [3.8, 4) is 5.75 Å². The van der Waals surface area contributed by atoms with Crippen molar-refractivity contribution in [3.63, 3.8) is 0 Å². The third kappa shape index (κ3) is 2.08. The molecule has 90 valence electrons. The number of carboxylic acid groups (broad SMARTS) is 1. The second-order valence-corrected chi connectivity index (χ2v) is 4.16. The normalized spacial score (nSPS) is 18.6. The van der Waals surface area contributed by atoms with E-state index in [-0.39, 0.29) is 24.6 Å². The number of hydrogen-bond donors (Lipinski definition) is 2. The zero-order chi connectivity index (χ0) is 12.6. The van der Waals surface area contributed by atoms with Crippen molar-refractivity contribution in [2.45, 2.75) is 25.9 Å². The minimum Gasteiger partial charge on any atom is -0.508 e. The van der Waals surface area contributed by atoms with Gasteiger partial charge in [-0.1, -0.05) is 6.07 Å². The molecule has 2 N–H and O–H groups in total. The molecular formula is C12H13NO4. The molecule has 2 rings (SSSR count). The maximum Gasteiger partial charge on any atom is 0.326 e. The molecular weight excluding hydrogens is 222 g/mol. The number of rotatable bonds is 1. The van der Waals surface area contributed by atoms with Gasteiger partial charge in [-0.05, 0) is 23.3 Å². The minimum atomic E-state index is -1.00. The predicted molar refractivity (Wildman–Crippen MR) is 59.5 cm³/mol. The van der Waals surface area contributed by atoms with Gasteiger partial charge in [-0.3, -0.25) is 4.79 Å². The molecule has 5 nitrogen and oxygen atoms in total. The highest BCUT2D eigenvalue weighted by atomic mass is 16.4. The molecule has 0 unspecified atom stereocenters. The van der Waals surface area contributed by atoms with Crippen molar-refractivity contribution in [2.24, 2.45) is 0 Å². The zero-order valence-electron chi connectivity index (χ0n) is 9.38. The molecule has 1 heterocycles. The lowest BCUT2D eigenvalue weighted by atomic mass is 9.93. The number of aliphatic carboxylic acids is 1. The first-order valence-corrected chi connectivity index (χ1v) is 5.30. The topological polar surface area (TPSA) is 77.8 Å². The van der Waals surface area contributed by atoms with Crippen LogP contribution in [0.15, 0.2) is 18.2 Å². The SMILES string of the molecule is CC(=O)N1Cc2cc(O)ccc2C[C@@H]1C(=O)O. The van der Waals surface area contributed by atoms with Crippen LogP contribution in [0.4, 0.5) is 0 Å². The highest BCUT2D eigenvalue weighted by molar-refractivity contribution is 5.83. The summed E-state index contributed by atoms with van der Waals surface area (Å²) in [5.41, 5.74) is 1.67. The van der Waals surface area contributed by atoms with E-state index in [1.807, 2.05) is 0 Å². The fraction of sp³-hybridized carbons (Fsp3) is 0.333. The highest BCUT2D eigenvalue weighted by Crippen LogP contribution is 2.26. The van der Waals surface area contributed by atoms with Crippen LogP contribution < -0.4 is 0 Å². The van der Waals surface area contributed by atoms with Gasteiger partial charge < -0.3 is 15.1 Å². The molecule has 0 fully saturated rings. The summed E-state index contributed by atoms with van der Waals surface area (Å²) in [6, 6.07) is 3.99. The van der Waals surface area contributed by atoms with Gasteiger partial charge in [-0.25, -0.2) is 4.79 Å². The lowest BCUT2D eigenvalue weighted by molar-refractivity contribution is -0.150. The first-order chi connectivity index (χ1) is 7.99. The van der Waals surface area contributed by atoms with Crippen LogP contribution in [0.25, 0.3) is 0 Å². The summed E-state index contributed by atoms with van der Waals surface area (Å²) in [6.45, 7) is 1.58. The molecule has 1 aliphatic rings. The van der Waals surface area contributed by atoms with Crippen LogP contribution in [-0.2, 0) is 22.6 Å². The number of benzene rings is 1. The zero-order valence-corrected chi connectivity index (χ0v) is 9.38. The summed E-state index contributed by atoms with van der Waals surface area (Å²) in [7, 11) is 0. The van der Waals surface area contributed by atoms with E-state index in [4.69, 9.17) is 5.11 Å². The number of carbonyl (C=O) groups is 2. The fourth-order valence-electron chi connectivity index (χ4n) is 2.12. The number of amides is 1. The smallest absolute Gasteiger partial charge is 0.326 e. The molecule has 1 amide bonds. The fourth-order valence-corrected chi connectivity index (χ4v) is 2.12. The van der Waals surface area contributed by atoms with E-state index in [0.717, 1.165) is 11.1 Å². The van der Waals surface area contributed by atoms with Gasteiger partial charge in [0.25, 0.3) is 0 Å². The van der Waals surface area contributed by atoms with Crippen LogP contribution in [0.1, 0.15) is 18.1 Å². The molecule has 0 bridgehead atoms. The minimum absolute atomic E-state index is 0.126. The Morgan fingerprint density at radius 1 is 1.35 bits per heavy atom. The Labute approximate surface area is 98.3 Å². The monoisotopic (exact) mass is 235 g/mol. The van der Waals surface area contributed by atoms with Gasteiger partial charge in [0.05, 0.1) is 0 Å². The number of phenols is 1. The maximum atomic E-state index is 11.4. The van der Waals surface area contributed by atoms with Crippen molar-refractivity contribution < 1.29 is 19.8 Å². The second-order valence-electron chi connectivity index (χ2n) is 4.16. The molecule has 0 saturated heterocycles. The van der Waals surface area contributed by atoms with E-state index >= 15 is 0 Å². The molecule has 1 aromatic carbocycles. The van der Waals surface area contributed by atoms with Gasteiger partial charge in [-0.15, -0.1) is 0 Å². The molecule has 1 aliphatic heterocycles. The molecule has 17 heavy (non-hydrogen) atoms. The van der Waals surface area contributed by atoms with Crippen molar-refractivity contribution in [1.82, 2.24) is 4.90 Å². The molecule has 0 aliphatic carbocycles. The van der Waals surface area contributed by atoms with E-state index in [1.54, 1.807) is 12.1 Å². The number of aromatic hydroxyl groups is 1. The molecule has 1 atom stereocenters. The third-order valence-corrected chi connectivity index (χ3v) is 3.01. The van der Waals surface area contributed by atoms with E-state index in [9.17, 15) is 14.7 Å². The van der Waals surface area contributed by atoms with E-state index in [1.165, 1.54) is 17.9 Å². The molecule has 0 saturated carbocycles. The molecule has 0 aromatic heterocycles. The second kappa shape index (κ2) is 4.08. The molecule has 5 heteroatoms. The van der Waals surface area contributed by atoms with E-state index in [2.05, 4.69) is 0 Å². The molecule has 0 radical (unpaired) electrons. The van der Waals surface area contributed by atoms with Crippen LogP contribution in [-0.4, -0.2) is 33.0 Å². The van der Waals surface area contributed by atoms with Gasteiger partial charge in [0, 0.05) is 19.9 Å². The van der Waals surface area contributed by atoms with E-state index in [0.29, 0.717) is 0 Å². The summed E-state index contributed by atoms with van der Waals surface area (Å²) in [5, 5.41) is 18.5. The summed E-state index contributed by atoms with van der Waals surface area (Å²) in [6.07, 6.45) is 0.282. The largest absolute Gasteiger partial charge is 0.508 e. The quantitative estimate of drug-likeness (QED) is 0.753. The Morgan fingerprint density at radius 3 is 2.65 bits per heavy atom. The Hall–Kier alpha value is -2.04. The summed E-state index contributed by atoms with van der Waals surface area (Å²) >= 11 is 0. The van der Waals surface area contributed by atoms with Crippen LogP contribution >= 0.6 is 0 Å². The number of hydrogen-bond acceptors (Lipinski definition) is 3. The Balaban J connectivity index is 2.39. The van der Waals surface area contributed by atoms with Crippen LogP contribution in [0.2, 0.25) is 0 Å². The lowest BCUT2D eigenvalue weighted by Gasteiger charge is -2.33. The average Bonchev–Trinajstić information content (AvgIpc) is 2.26. The number of carbonyl (C=O) groups excluding carboxylic acids is 1. The number of phenolic OH excluding ortho intramolecular Hbond substituents is 1. The summed E-state index contributed by atoms with van der Waals surface area (Å²) in [5.74, 6) is -1.15. The number of fused-ring (bicyclic) bond motifs is 1. The standard InChI is InChI=1S/C12H13NO4/c1-7(14)13-6-9-4-10(15)3-2-8(9)5-11(13)12(16)17/h2-4,11,15H,5-6H2,1H3,(H,16,17)/t11-/m1/s1. The lowest BCUT2D eigenvalue weighted by Crippen LogP contribution is -2.47. The summed E-state index contributed by atoms with van der Waals surface area (Å²) in [4.78, 5) is 23.8. The van der Waals surface area contributed by atoms with Gasteiger partial charge >= 0.3 is 5.97 Å². The first kappa shape index (κ1) is 11.4. The Bertz CT molecular complexity index is 483. The average molecular weight is 235 g/mol. The number of nitrogens with zero attached hydrogens (tertiary/aromatic N) is 1. The maximum absolute atomic E-state index is 11.4. The van der Waals surface area contributed by atoms with Crippen molar-refractivity contribution in [2.75, 3.05) is 0 Å². The van der Waals surface area contributed by atoms with Crippen LogP contribution in [0.3, 0.4) is 0 Å². The molecule has 1 aromatic rings. The molecule has 0 spiro atoms. The van der Waals surface area contributed by atoms with Gasteiger partial charge in [0.2, 0.25) is 5.91 Å². The van der Waals surface area contributed by atoms with Crippen LogP contribution in [0, 0.1) is 0 Å². The number of carboxylic acids is 1. The van der Waals surface area contributed by atoms with E-state index < -0.39 is 12.0 Å². The van der Waals surface area contributed by atoms with Crippen molar-refractivity contribution in [1.29, 1.82) is 0 Å². The van der Waals surface area contributed by atoms with Gasteiger partial charge in [-0.2, -0.15) is 0 Å². The van der Waals surface area contributed by atoms with Crippen molar-refractivity contribution >= 4 is 11.9 Å². The Kier molecular flexibility index (Phi) is 2.75. The third-order valence-electron chi connectivity index (χ3n) is 3.01. The highest BCUT2D eigenvalue weighted by Gasteiger charge is 2.32. The first-order valence-electron chi connectivity index (χ1n) is 5.30.